The number of hydrogen-bond donors (Lipinski definition) is 1. The second kappa shape index (κ2) is 8.68. The summed E-state index contributed by atoms with van der Waals surface area (Å²) >= 11 is 2.94. The number of halogens is 5. The fourth-order valence-corrected chi connectivity index (χ4v) is 3.40. The number of alkyl halides is 3. The summed E-state index contributed by atoms with van der Waals surface area (Å²) in [6, 6.07) is 2.98. The molecule has 2 N–H and O–H groups in total. The lowest BCUT2D eigenvalue weighted by molar-refractivity contribution is -0.217. The molecule has 1 aromatic heterocycles. The summed E-state index contributed by atoms with van der Waals surface area (Å²) in [6.07, 6.45) is -5.34. The number of ether oxygens (including phenoxy) is 3. The van der Waals surface area contributed by atoms with Crippen LogP contribution in [-0.4, -0.2) is 48.4 Å². The van der Waals surface area contributed by atoms with E-state index < -0.39 is 29.8 Å². The van der Waals surface area contributed by atoms with Crippen LogP contribution < -0.4 is 5.73 Å². The lowest BCUT2D eigenvalue weighted by atomic mass is 10.1. The molecule has 2 heterocycles. The molecule has 3 rings (SSSR count). The van der Waals surface area contributed by atoms with E-state index in [1.807, 2.05) is 6.92 Å². The van der Waals surface area contributed by atoms with Gasteiger partial charge in [-0.15, -0.1) is 0 Å². The molecule has 1 saturated heterocycles. The highest BCUT2D eigenvalue weighted by atomic mass is 79.9. The highest BCUT2D eigenvalue weighted by molar-refractivity contribution is 9.10. The first-order chi connectivity index (χ1) is 13.7. The van der Waals surface area contributed by atoms with Gasteiger partial charge in [0.25, 0.3) is 0 Å². The third-order valence-corrected chi connectivity index (χ3v) is 5.38. The minimum Gasteiger partial charge on any atom is -0.377 e. The smallest absolute Gasteiger partial charge is 0.377 e. The van der Waals surface area contributed by atoms with Gasteiger partial charge < -0.3 is 19.9 Å². The Labute approximate surface area is 173 Å². The fraction of sp³-hybridized carbons (Fsp3) is 0.500. The summed E-state index contributed by atoms with van der Waals surface area (Å²) < 4.78 is 72.3. The van der Waals surface area contributed by atoms with Crippen molar-refractivity contribution in [2.75, 3.05) is 20.3 Å². The van der Waals surface area contributed by atoms with Crippen LogP contribution in [0.3, 0.4) is 0 Å². The van der Waals surface area contributed by atoms with E-state index in [0.29, 0.717) is 18.4 Å². The van der Waals surface area contributed by atoms with Gasteiger partial charge in [0, 0.05) is 19.9 Å². The topological polar surface area (TPSA) is 71.5 Å². The van der Waals surface area contributed by atoms with Crippen molar-refractivity contribution in [3.05, 3.63) is 45.9 Å². The summed E-state index contributed by atoms with van der Waals surface area (Å²) in [5.74, 6) is -1.03. The maximum atomic E-state index is 13.8. The van der Waals surface area contributed by atoms with Crippen molar-refractivity contribution in [1.82, 2.24) is 9.78 Å². The zero-order chi connectivity index (χ0) is 21.3. The standard InChI is InChI=1S/C18H20BrF4N3O3/c1-9-16(8-28-9)29-17(15(7-24)27-2)13-3-4-25-26(13)14-6-11(19)12(20)5-10(14)18(21,22)23/h3-6,9,15-17H,7-8,24H2,1-2H3/t9?,15-,16?,17?/m0/s1. The Morgan fingerprint density at radius 2 is 2.14 bits per heavy atom. The van der Waals surface area contributed by atoms with Gasteiger partial charge in [-0.1, -0.05) is 0 Å². The summed E-state index contributed by atoms with van der Waals surface area (Å²) in [7, 11) is 1.44. The van der Waals surface area contributed by atoms with E-state index in [-0.39, 0.29) is 28.9 Å². The van der Waals surface area contributed by atoms with Crippen LogP contribution in [-0.2, 0) is 20.4 Å². The van der Waals surface area contributed by atoms with Crippen LogP contribution in [0.25, 0.3) is 5.69 Å². The van der Waals surface area contributed by atoms with Crippen LogP contribution >= 0.6 is 15.9 Å². The van der Waals surface area contributed by atoms with E-state index in [0.717, 1.165) is 10.7 Å². The summed E-state index contributed by atoms with van der Waals surface area (Å²) in [5.41, 5.74) is 4.58. The molecule has 0 amide bonds. The molecular formula is C18H20BrF4N3O3. The Bertz CT molecular complexity index is 857. The van der Waals surface area contributed by atoms with E-state index >= 15 is 0 Å². The van der Waals surface area contributed by atoms with E-state index in [4.69, 9.17) is 19.9 Å². The largest absolute Gasteiger partial charge is 0.418 e. The fourth-order valence-electron chi connectivity index (χ4n) is 3.07. The molecule has 6 nitrogen and oxygen atoms in total. The molecular weight excluding hydrogens is 462 g/mol. The Morgan fingerprint density at radius 1 is 1.41 bits per heavy atom. The maximum Gasteiger partial charge on any atom is 0.418 e. The van der Waals surface area contributed by atoms with Crippen molar-refractivity contribution >= 4 is 15.9 Å². The lowest BCUT2D eigenvalue weighted by Gasteiger charge is -2.38. The predicted octanol–water partition coefficient (Wildman–Crippen LogP) is 3.61. The second-order valence-electron chi connectivity index (χ2n) is 6.59. The molecule has 29 heavy (non-hydrogen) atoms. The Hall–Kier alpha value is -1.53. The highest BCUT2D eigenvalue weighted by Crippen LogP contribution is 2.38. The lowest BCUT2D eigenvalue weighted by Crippen LogP contribution is -2.47. The quantitative estimate of drug-likeness (QED) is 0.611. The van der Waals surface area contributed by atoms with Crippen molar-refractivity contribution in [3.63, 3.8) is 0 Å². The number of methoxy groups -OCH3 is 1. The molecule has 1 fully saturated rings. The van der Waals surface area contributed by atoms with Crippen LogP contribution in [0.1, 0.15) is 24.3 Å². The first-order valence-electron chi connectivity index (χ1n) is 8.77. The minimum absolute atomic E-state index is 0.0630. The number of benzene rings is 1. The summed E-state index contributed by atoms with van der Waals surface area (Å²) in [6.45, 7) is 2.24. The summed E-state index contributed by atoms with van der Waals surface area (Å²) in [4.78, 5) is 0. The van der Waals surface area contributed by atoms with Crippen molar-refractivity contribution in [1.29, 1.82) is 0 Å². The van der Waals surface area contributed by atoms with Gasteiger partial charge in [0.05, 0.1) is 34.1 Å². The first kappa shape index (κ1) is 22.2. The average molecular weight is 482 g/mol. The Morgan fingerprint density at radius 3 is 2.66 bits per heavy atom. The van der Waals surface area contributed by atoms with Gasteiger partial charge in [0.1, 0.15) is 24.1 Å². The normalized spacial score (nSPS) is 21.7. The van der Waals surface area contributed by atoms with Gasteiger partial charge in [-0.05, 0) is 41.1 Å². The number of aromatic nitrogens is 2. The van der Waals surface area contributed by atoms with Crippen LogP contribution in [0, 0.1) is 5.82 Å². The van der Waals surface area contributed by atoms with Crippen LogP contribution in [0.4, 0.5) is 17.6 Å². The molecule has 0 aliphatic carbocycles. The summed E-state index contributed by atoms with van der Waals surface area (Å²) in [5, 5.41) is 4.04. The van der Waals surface area contributed by atoms with E-state index in [1.54, 1.807) is 0 Å². The molecule has 160 valence electrons. The minimum atomic E-state index is -4.79. The van der Waals surface area contributed by atoms with Gasteiger partial charge in [0.2, 0.25) is 0 Å². The molecule has 3 unspecified atom stereocenters. The molecule has 1 aliphatic heterocycles. The van der Waals surface area contributed by atoms with Crippen molar-refractivity contribution in [2.24, 2.45) is 5.73 Å². The number of hydrogen-bond acceptors (Lipinski definition) is 5. The molecule has 4 atom stereocenters. The monoisotopic (exact) mass is 481 g/mol. The number of rotatable bonds is 7. The molecule has 0 bridgehead atoms. The SMILES string of the molecule is CO[C@@H](CN)C(OC1COC1C)c1ccnn1-c1cc(Br)c(F)cc1C(F)(F)F. The molecule has 0 spiro atoms. The van der Waals surface area contributed by atoms with Gasteiger partial charge in [-0.2, -0.15) is 18.3 Å². The van der Waals surface area contributed by atoms with Crippen LogP contribution in [0.5, 0.6) is 0 Å². The van der Waals surface area contributed by atoms with Gasteiger partial charge >= 0.3 is 6.18 Å². The van der Waals surface area contributed by atoms with E-state index in [2.05, 4.69) is 21.0 Å². The number of nitrogens with two attached hydrogens (primary N) is 1. The highest BCUT2D eigenvalue weighted by Gasteiger charge is 2.39. The van der Waals surface area contributed by atoms with Crippen LogP contribution in [0.15, 0.2) is 28.9 Å². The van der Waals surface area contributed by atoms with E-state index in [1.165, 1.54) is 19.4 Å². The molecule has 0 saturated carbocycles. The molecule has 2 aromatic rings. The first-order valence-corrected chi connectivity index (χ1v) is 9.57. The second-order valence-corrected chi connectivity index (χ2v) is 7.45. The van der Waals surface area contributed by atoms with E-state index in [9.17, 15) is 17.6 Å². The van der Waals surface area contributed by atoms with Gasteiger partial charge in [0.15, 0.2) is 0 Å². The Kier molecular flexibility index (Phi) is 6.64. The maximum absolute atomic E-state index is 13.8. The Balaban J connectivity index is 2.10. The molecule has 0 radical (unpaired) electrons. The third kappa shape index (κ3) is 4.48. The van der Waals surface area contributed by atoms with Crippen molar-refractivity contribution < 1.29 is 31.8 Å². The van der Waals surface area contributed by atoms with Crippen molar-refractivity contribution in [3.8, 4) is 5.69 Å². The number of nitrogens with zero attached hydrogens (tertiary/aromatic N) is 2. The predicted molar refractivity (Wildman–Crippen MR) is 99.1 cm³/mol. The zero-order valence-corrected chi connectivity index (χ0v) is 17.2. The van der Waals surface area contributed by atoms with Crippen LogP contribution in [0.2, 0.25) is 0 Å². The average Bonchev–Trinajstić information content (AvgIpc) is 3.14. The van der Waals surface area contributed by atoms with Crippen molar-refractivity contribution in [2.45, 2.75) is 37.5 Å². The van der Waals surface area contributed by atoms with Gasteiger partial charge in [-0.3, -0.25) is 0 Å². The molecule has 1 aromatic carbocycles. The van der Waals surface area contributed by atoms with Gasteiger partial charge in [-0.25, -0.2) is 9.07 Å². The molecule has 11 heteroatoms. The zero-order valence-electron chi connectivity index (χ0n) is 15.6. The molecule has 1 aliphatic rings. The third-order valence-electron chi connectivity index (χ3n) is 4.78.